The third-order valence-corrected chi connectivity index (χ3v) is 3.85. The lowest BCUT2D eigenvalue weighted by Gasteiger charge is -2.09. The summed E-state index contributed by atoms with van der Waals surface area (Å²) in [6, 6.07) is 4.83. The largest absolute Gasteiger partial charge is 0.481 e. The number of ether oxygens (including phenoxy) is 1. The molecular weight excluding hydrogens is 262 g/mol. The minimum absolute atomic E-state index is 0.0786. The molecule has 0 saturated heterocycles. The van der Waals surface area contributed by atoms with Crippen LogP contribution in [0.1, 0.15) is 5.56 Å². The van der Waals surface area contributed by atoms with Gasteiger partial charge in [0.15, 0.2) is 0 Å². The Hall–Kier alpha value is -1.33. The highest BCUT2D eigenvalue weighted by Gasteiger charge is 2.17. The lowest BCUT2D eigenvalue weighted by molar-refractivity contribution is 0.403. The van der Waals surface area contributed by atoms with Gasteiger partial charge in [-0.2, -0.15) is 0 Å². The third-order valence-electron chi connectivity index (χ3n) is 2.48. The van der Waals surface area contributed by atoms with Crippen LogP contribution in [0.3, 0.4) is 0 Å². The van der Waals surface area contributed by atoms with Crippen molar-refractivity contribution in [2.75, 3.05) is 7.11 Å². The number of hydrogen-bond donors (Lipinski definition) is 0. The average Bonchev–Trinajstić information content (AvgIpc) is 2.28. The highest BCUT2D eigenvalue weighted by molar-refractivity contribution is 8.14. The molecule has 90 valence electrons. The Bertz CT molecular complexity index is 682. The maximum Gasteiger partial charge on any atom is 0.261 e. The van der Waals surface area contributed by atoms with Crippen molar-refractivity contribution >= 4 is 30.5 Å². The van der Waals surface area contributed by atoms with Gasteiger partial charge in [-0.3, -0.25) is 0 Å². The molecule has 2 aromatic rings. The molecule has 0 fully saturated rings. The smallest absolute Gasteiger partial charge is 0.261 e. The van der Waals surface area contributed by atoms with Gasteiger partial charge < -0.3 is 4.74 Å². The van der Waals surface area contributed by atoms with E-state index < -0.39 is 9.05 Å². The Balaban J connectivity index is 2.99. The van der Waals surface area contributed by atoms with Crippen molar-refractivity contribution in [2.24, 2.45) is 0 Å². The van der Waals surface area contributed by atoms with Gasteiger partial charge in [0, 0.05) is 27.7 Å². The topological polar surface area (TPSA) is 56.3 Å². The van der Waals surface area contributed by atoms with Gasteiger partial charge in [0.25, 0.3) is 9.05 Å². The molecule has 0 amide bonds. The SMILES string of the molecule is COc1ncc(C)c2c(S(=O)(=O)Cl)cccc12. The zero-order chi connectivity index (χ0) is 12.6. The van der Waals surface area contributed by atoms with Gasteiger partial charge in [-0.1, -0.05) is 6.07 Å². The van der Waals surface area contributed by atoms with Crippen LogP contribution in [0.25, 0.3) is 10.8 Å². The van der Waals surface area contributed by atoms with Gasteiger partial charge in [-0.05, 0) is 24.6 Å². The van der Waals surface area contributed by atoms with Gasteiger partial charge >= 0.3 is 0 Å². The number of aromatic nitrogens is 1. The van der Waals surface area contributed by atoms with Gasteiger partial charge in [-0.25, -0.2) is 13.4 Å². The van der Waals surface area contributed by atoms with E-state index in [0.717, 1.165) is 5.56 Å². The summed E-state index contributed by atoms with van der Waals surface area (Å²) in [6.45, 7) is 1.78. The fourth-order valence-electron chi connectivity index (χ4n) is 1.77. The predicted octanol–water partition coefficient (Wildman–Crippen LogP) is 2.48. The molecule has 4 nitrogen and oxygen atoms in total. The summed E-state index contributed by atoms with van der Waals surface area (Å²) in [6.07, 6.45) is 1.56. The highest BCUT2D eigenvalue weighted by atomic mass is 35.7. The fourth-order valence-corrected chi connectivity index (χ4v) is 2.91. The Kier molecular flexibility index (Phi) is 2.97. The highest BCUT2D eigenvalue weighted by Crippen LogP contribution is 2.32. The second-order valence-corrected chi connectivity index (χ2v) is 6.10. The van der Waals surface area contributed by atoms with Crippen LogP contribution in [-0.4, -0.2) is 20.5 Å². The number of halogens is 1. The molecule has 0 unspecified atom stereocenters. The maximum atomic E-state index is 11.5. The average molecular weight is 272 g/mol. The first-order valence-electron chi connectivity index (χ1n) is 4.82. The predicted molar refractivity (Wildman–Crippen MR) is 66.1 cm³/mol. The molecule has 6 heteroatoms. The zero-order valence-electron chi connectivity index (χ0n) is 9.27. The van der Waals surface area contributed by atoms with Gasteiger partial charge in [0.2, 0.25) is 5.88 Å². The summed E-state index contributed by atoms with van der Waals surface area (Å²) >= 11 is 0. The second kappa shape index (κ2) is 4.16. The van der Waals surface area contributed by atoms with Crippen LogP contribution in [0.4, 0.5) is 0 Å². The summed E-state index contributed by atoms with van der Waals surface area (Å²) < 4.78 is 28.1. The Labute approximate surface area is 104 Å². The van der Waals surface area contributed by atoms with Crippen molar-refractivity contribution in [1.29, 1.82) is 0 Å². The van der Waals surface area contributed by atoms with E-state index in [4.69, 9.17) is 15.4 Å². The molecule has 1 heterocycles. The van der Waals surface area contributed by atoms with Crippen LogP contribution in [0, 0.1) is 6.92 Å². The molecule has 0 aliphatic carbocycles. The summed E-state index contributed by atoms with van der Waals surface area (Å²) in [5.74, 6) is 0.382. The molecule has 0 aliphatic rings. The quantitative estimate of drug-likeness (QED) is 0.788. The first kappa shape index (κ1) is 12.1. The first-order valence-corrected chi connectivity index (χ1v) is 7.13. The molecule has 2 rings (SSSR count). The third kappa shape index (κ3) is 2.08. The Morgan fingerprint density at radius 1 is 1.35 bits per heavy atom. The molecular formula is C11H10ClNO3S. The van der Waals surface area contributed by atoms with E-state index in [1.165, 1.54) is 13.2 Å². The molecule has 1 aromatic carbocycles. The summed E-state index contributed by atoms with van der Waals surface area (Å²) in [4.78, 5) is 4.17. The number of fused-ring (bicyclic) bond motifs is 1. The van der Waals surface area contributed by atoms with Crippen LogP contribution in [0.15, 0.2) is 29.3 Å². The van der Waals surface area contributed by atoms with Gasteiger partial charge in [-0.15, -0.1) is 0 Å². The van der Waals surface area contributed by atoms with E-state index in [-0.39, 0.29) is 4.90 Å². The molecule has 0 N–H and O–H groups in total. The van der Waals surface area contributed by atoms with E-state index in [1.54, 1.807) is 25.3 Å². The number of aryl methyl sites for hydroxylation is 1. The fraction of sp³-hybridized carbons (Fsp3) is 0.182. The standard InChI is InChI=1S/C11H10ClNO3S/c1-7-6-13-11(16-2)8-4-3-5-9(10(7)8)17(12,14)15/h3-6H,1-2H3. The van der Waals surface area contributed by atoms with E-state index in [0.29, 0.717) is 16.7 Å². The van der Waals surface area contributed by atoms with Crippen molar-refractivity contribution in [2.45, 2.75) is 11.8 Å². The lowest BCUT2D eigenvalue weighted by Crippen LogP contribution is -1.97. The van der Waals surface area contributed by atoms with Crippen LogP contribution in [0.5, 0.6) is 5.88 Å². The van der Waals surface area contributed by atoms with E-state index in [2.05, 4.69) is 4.98 Å². The lowest BCUT2D eigenvalue weighted by atomic mass is 10.1. The molecule has 0 aliphatic heterocycles. The van der Waals surface area contributed by atoms with E-state index >= 15 is 0 Å². The molecule has 0 bridgehead atoms. The first-order chi connectivity index (χ1) is 7.95. The van der Waals surface area contributed by atoms with Crippen molar-refractivity contribution in [1.82, 2.24) is 4.98 Å². The zero-order valence-corrected chi connectivity index (χ0v) is 10.8. The number of rotatable bonds is 2. The normalized spacial score (nSPS) is 11.7. The minimum atomic E-state index is -3.79. The molecule has 0 atom stereocenters. The molecule has 0 radical (unpaired) electrons. The van der Waals surface area contributed by atoms with Crippen LogP contribution in [-0.2, 0) is 9.05 Å². The molecule has 17 heavy (non-hydrogen) atoms. The Morgan fingerprint density at radius 2 is 2.06 bits per heavy atom. The van der Waals surface area contributed by atoms with Crippen LogP contribution >= 0.6 is 10.7 Å². The van der Waals surface area contributed by atoms with E-state index in [9.17, 15) is 8.42 Å². The minimum Gasteiger partial charge on any atom is -0.481 e. The van der Waals surface area contributed by atoms with Crippen molar-refractivity contribution in [3.05, 3.63) is 30.0 Å². The summed E-state index contributed by atoms with van der Waals surface area (Å²) in [5.41, 5.74) is 0.737. The second-order valence-electron chi connectivity index (χ2n) is 3.57. The van der Waals surface area contributed by atoms with E-state index in [1.807, 2.05) is 0 Å². The number of hydrogen-bond acceptors (Lipinski definition) is 4. The molecule has 0 spiro atoms. The Morgan fingerprint density at radius 3 is 2.65 bits per heavy atom. The van der Waals surface area contributed by atoms with Crippen LogP contribution in [0.2, 0.25) is 0 Å². The summed E-state index contributed by atoms with van der Waals surface area (Å²) in [7, 11) is 3.11. The number of methoxy groups -OCH3 is 1. The maximum absolute atomic E-state index is 11.5. The summed E-state index contributed by atoms with van der Waals surface area (Å²) in [5, 5.41) is 1.18. The van der Waals surface area contributed by atoms with Gasteiger partial charge in [0.05, 0.1) is 12.0 Å². The monoisotopic (exact) mass is 271 g/mol. The van der Waals surface area contributed by atoms with Crippen molar-refractivity contribution in [3.8, 4) is 5.88 Å². The molecule has 1 aromatic heterocycles. The number of nitrogens with zero attached hydrogens (tertiary/aromatic N) is 1. The molecule has 0 saturated carbocycles. The van der Waals surface area contributed by atoms with Crippen molar-refractivity contribution < 1.29 is 13.2 Å². The number of benzene rings is 1. The van der Waals surface area contributed by atoms with Crippen LogP contribution < -0.4 is 4.74 Å². The van der Waals surface area contributed by atoms with Crippen molar-refractivity contribution in [3.63, 3.8) is 0 Å². The number of pyridine rings is 1. The van der Waals surface area contributed by atoms with Gasteiger partial charge in [0.1, 0.15) is 0 Å².